The fourth-order valence-corrected chi connectivity index (χ4v) is 2.88. The molecule has 1 aromatic carbocycles. The fraction of sp³-hybridized carbons (Fsp3) is 0.571. The number of hydrogen-bond acceptors (Lipinski definition) is 3. The number of alkyl halides is 3. The number of nitrogens with zero attached hydrogens (tertiary/aromatic N) is 1. The molecule has 0 aromatic heterocycles. The second-order valence-corrected chi connectivity index (χ2v) is 5.22. The van der Waals surface area contributed by atoms with Crippen molar-refractivity contribution in [3.63, 3.8) is 0 Å². The van der Waals surface area contributed by atoms with Gasteiger partial charge in [0, 0.05) is 26.2 Å². The first-order valence-corrected chi connectivity index (χ1v) is 6.62. The molecule has 2 N–H and O–H groups in total. The van der Waals surface area contributed by atoms with Gasteiger partial charge in [-0.15, -0.1) is 12.4 Å². The molecule has 1 aliphatic rings. The zero-order valence-corrected chi connectivity index (χ0v) is 12.8. The van der Waals surface area contributed by atoms with E-state index in [9.17, 15) is 18.3 Å². The quantitative estimate of drug-likeness (QED) is 0.878. The van der Waals surface area contributed by atoms with Crippen LogP contribution in [-0.4, -0.2) is 42.4 Å². The molecule has 1 heterocycles. The maximum absolute atomic E-state index is 13.5. The molecule has 1 aromatic rings. The zero-order chi connectivity index (χ0) is 14.9. The summed E-state index contributed by atoms with van der Waals surface area (Å²) in [5, 5.41) is 12.6. The summed E-state index contributed by atoms with van der Waals surface area (Å²) >= 11 is 0. The van der Waals surface area contributed by atoms with Crippen molar-refractivity contribution in [3.05, 3.63) is 28.8 Å². The Labute approximate surface area is 128 Å². The third-order valence-corrected chi connectivity index (χ3v) is 3.68. The third kappa shape index (κ3) is 4.02. The highest BCUT2D eigenvalue weighted by molar-refractivity contribution is 5.85. The van der Waals surface area contributed by atoms with E-state index in [2.05, 4.69) is 5.32 Å². The smallest absolute Gasteiger partial charge is 0.408 e. The first-order chi connectivity index (χ1) is 9.30. The molecule has 0 bridgehead atoms. The molecule has 0 unspecified atom stereocenters. The highest BCUT2D eigenvalue weighted by Gasteiger charge is 2.46. The van der Waals surface area contributed by atoms with Crippen molar-refractivity contribution in [2.45, 2.75) is 26.1 Å². The number of piperazine rings is 1. The molecule has 0 saturated carbocycles. The number of aryl methyl sites for hydroxylation is 2. The SMILES string of the molecule is Cc1cc(O)cc(C)c1[C@@H](N1CCNCC1)C(F)(F)F.Cl. The number of halogens is 4. The molecule has 1 fully saturated rings. The predicted molar refractivity (Wildman–Crippen MR) is 78.1 cm³/mol. The number of nitrogens with one attached hydrogen (secondary N) is 1. The van der Waals surface area contributed by atoms with Gasteiger partial charge in [-0.05, 0) is 42.7 Å². The summed E-state index contributed by atoms with van der Waals surface area (Å²) in [5.74, 6) is 0.00462. The van der Waals surface area contributed by atoms with Crippen molar-refractivity contribution in [2.24, 2.45) is 0 Å². The summed E-state index contributed by atoms with van der Waals surface area (Å²) in [6.07, 6.45) is -4.33. The van der Waals surface area contributed by atoms with Gasteiger partial charge in [-0.25, -0.2) is 0 Å². The van der Waals surface area contributed by atoms with Crippen molar-refractivity contribution in [3.8, 4) is 5.75 Å². The zero-order valence-electron chi connectivity index (χ0n) is 12.0. The molecule has 0 amide bonds. The van der Waals surface area contributed by atoms with E-state index in [-0.39, 0.29) is 23.7 Å². The van der Waals surface area contributed by atoms with Gasteiger partial charge in [-0.1, -0.05) is 0 Å². The average molecular weight is 325 g/mol. The van der Waals surface area contributed by atoms with Crippen molar-refractivity contribution in [2.75, 3.05) is 26.2 Å². The van der Waals surface area contributed by atoms with Gasteiger partial charge in [-0.2, -0.15) is 13.2 Å². The van der Waals surface area contributed by atoms with E-state index >= 15 is 0 Å². The van der Waals surface area contributed by atoms with Crippen LogP contribution in [0.15, 0.2) is 12.1 Å². The van der Waals surface area contributed by atoms with Crippen LogP contribution in [0.5, 0.6) is 5.75 Å². The molecular weight excluding hydrogens is 305 g/mol. The predicted octanol–water partition coefficient (Wildman–Crippen LogP) is 2.94. The van der Waals surface area contributed by atoms with Crippen molar-refractivity contribution < 1.29 is 18.3 Å². The monoisotopic (exact) mass is 324 g/mol. The molecule has 0 radical (unpaired) electrons. The van der Waals surface area contributed by atoms with E-state index in [1.165, 1.54) is 17.0 Å². The number of aromatic hydroxyl groups is 1. The van der Waals surface area contributed by atoms with E-state index in [0.29, 0.717) is 37.3 Å². The number of phenolic OH excluding ortho intramolecular Hbond substituents is 1. The summed E-state index contributed by atoms with van der Waals surface area (Å²) in [5.41, 5.74) is 1.21. The Morgan fingerprint density at radius 3 is 2.05 bits per heavy atom. The van der Waals surface area contributed by atoms with E-state index in [1.54, 1.807) is 13.8 Å². The second kappa shape index (κ2) is 6.85. The fourth-order valence-electron chi connectivity index (χ4n) is 2.88. The lowest BCUT2D eigenvalue weighted by molar-refractivity contribution is -0.188. The van der Waals surface area contributed by atoms with Crippen LogP contribution in [0.1, 0.15) is 22.7 Å². The second-order valence-electron chi connectivity index (χ2n) is 5.22. The first kappa shape index (κ1) is 18.1. The summed E-state index contributed by atoms with van der Waals surface area (Å²) in [7, 11) is 0. The maximum atomic E-state index is 13.5. The lowest BCUT2D eigenvalue weighted by Gasteiger charge is -2.37. The number of rotatable bonds is 2. The normalized spacial score (nSPS) is 18.1. The average Bonchev–Trinajstić information content (AvgIpc) is 2.33. The van der Waals surface area contributed by atoms with Crippen molar-refractivity contribution >= 4 is 12.4 Å². The lowest BCUT2D eigenvalue weighted by atomic mass is 9.93. The number of hydrogen-bond donors (Lipinski definition) is 2. The molecule has 3 nitrogen and oxygen atoms in total. The summed E-state index contributed by atoms with van der Waals surface area (Å²) < 4.78 is 40.6. The molecule has 1 aliphatic heterocycles. The summed E-state index contributed by atoms with van der Waals surface area (Å²) in [6.45, 7) is 5.07. The van der Waals surface area contributed by atoms with Crippen LogP contribution in [0.2, 0.25) is 0 Å². The molecule has 1 atom stereocenters. The van der Waals surface area contributed by atoms with Crippen LogP contribution < -0.4 is 5.32 Å². The van der Waals surface area contributed by atoms with Gasteiger partial charge < -0.3 is 10.4 Å². The molecule has 0 spiro atoms. The standard InChI is InChI=1S/C14H19F3N2O.ClH/c1-9-7-11(20)8-10(2)12(9)13(14(15,16)17)19-5-3-18-4-6-19;/h7-8,13,18,20H,3-6H2,1-2H3;1H/t13-;/m1./s1. The van der Waals surface area contributed by atoms with Crippen LogP contribution >= 0.6 is 12.4 Å². The van der Waals surface area contributed by atoms with E-state index in [1.807, 2.05) is 0 Å². The van der Waals surface area contributed by atoms with Crippen molar-refractivity contribution in [1.82, 2.24) is 10.2 Å². The minimum absolute atomic E-state index is 0. The van der Waals surface area contributed by atoms with Gasteiger partial charge in [0.05, 0.1) is 0 Å². The van der Waals surface area contributed by atoms with E-state index in [4.69, 9.17) is 0 Å². The molecular formula is C14H20ClF3N2O. The summed E-state index contributed by atoms with van der Waals surface area (Å²) in [6, 6.07) is 1.18. The van der Waals surface area contributed by atoms with Crippen LogP contribution in [0, 0.1) is 13.8 Å². The molecule has 120 valence electrons. The van der Waals surface area contributed by atoms with Crippen LogP contribution in [0.3, 0.4) is 0 Å². The Kier molecular flexibility index (Phi) is 5.90. The third-order valence-electron chi connectivity index (χ3n) is 3.68. The lowest BCUT2D eigenvalue weighted by Crippen LogP contribution is -2.49. The first-order valence-electron chi connectivity index (χ1n) is 6.62. The van der Waals surface area contributed by atoms with Crippen LogP contribution in [0.25, 0.3) is 0 Å². The van der Waals surface area contributed by atoms with Gasteiger partial charge in [0.2, 0.25) is 0 Å². The number of phenols is 1. The minimum Gasteiger partial charge on any atom is -0.508 e. The van der Waals surface area contributed by atoms with Crippen LogP contribution in [-0.2, 0) is 0 Å². The topological polar surface area (TPSA) is 35.5 Å². The highest BCUT2D eigenvalue weighted by Crippen LogP contribution is 2.41. The Morgan fingerprint density at radius 2 is 1.62 bits per heavy atom. The van der Waals surface area contributed by atoms with Gasteiger partial charge >= 0.3 is 6.18 Å². The van der Waals surface area contributed by atoms with E-state index in [0.717, 1.165) is 0 Å². The van der Waals surface area contributed by atoms with Crippen molar-refractivity contribution in [1.29, 1.82) is 0 Å². The van der Waals surface area contributed by atoms with Gasteiger partial charge in [0.15, 0.2) is 0 Å². The van der Waals surface area contributed by atoms with Gasteiger partial charge in [0.1, 0.15) is 11.8 Å². The highest BCUT2D eigenvalue weighted by atomic mass is 35.5. The minimum atomic E-state index is -4.33. The maximum Gasteiger partial charge on any atom is 0.408 e. The van der Waals surface area contributed by atoms with Crippen LogP contribution in [0.4, 0.5) is 13.2 Å². The summed E-state index contributed by atoms with van der Waals surface area (Å²) in [4.78, 5) is 1.46. The van der Waals surface area contributed by atoms with E-state index < -0.39 is 12.2 Å². The van der Waals surface area contributed by atoms with Gasteiger partial charge in [-0.3, -0.25) is 4.90 Å². The Balaban J connectivity index is 0.00000220. The Hall–Kier alpha value is -0.980. The molecule has 21 heavy (non-hydrogen) atoms. The Bertz CT molecular complexity index is 465. The Morgan fingerprint density at radius 1 is 1.14 bits per heavy atom. The van der Waals surface area contributed by atoms with Gasteiger partial charge in [0.25, 0.3) is 0 Å². The molecule has 1 saturated heterocycles. The molecule has 2 rings (SSSR count). The molecule has 7 heteroatoms. The molecule has 0 aliphatic carbocycles. The largest absolute Gasteiger partial charge is 0.508 e. The number of benzene rings is 1.